The van der Waals surface area contributed by atoms with Gasteiger partial charge in [0.25, 0.3) is 0 Å². The molecule has 0 saturated heterocycles. The number of alkyl halides is 3. The van der Waals surface area contributed by atoms with E-state index in [0.717, 1.165) is 0 Å². The lowest BCUT2D eigenvalue weighted by atomic mass is 10.2. The number of aryl methyl sites for hydroxylation is 1. The molecule has 0 radical (unpaired) electrons. The molecule has 0 aliphatic heterocycles. The molecule has 1 aromatic rings. The quantitative estimate of drug-likeness (QED) is 0.853. The van der Waals surface area contributed by atoms with Crippen molar-refractivity contribution in [3.8, 4) is 0 Å². The van der Waals surface area contributed by atoms with Gasteiger partial charge in [-0.15, -0.1) is 0 Å². The van der Waals surface area contributed by atoms with Crippen LogP contribution in [0.25, 0.3) is 0 Å². The molecule has 2 nitrogen and oxygen atoms in total. The number of anilines is 1. The maximum absolute atomic E-state index is 11.8. The van der Waals surface area contributed by atoms with Crippen LogP contribution in [0.3, 0.4) is 0 Å². The van der Waals surface area contributed by atoms with Crippen LogP contribution in [-0.4, -0.2) is 16.2 Å². The van der Waals surface area contributed by atoms with E-state index >= 15 is 0 Å². The summed E-state index contributed by atoms with van der Waals surface area (Å²) in [6.45, 7) is 0. The lowest BCUT2D eigenvalue weighted by Crippen LogP contribution is -2.04. The first-order valence-corrected chi connectivity index (χ1v) is 4.86. The maximum atomic E-state index is 11.8. The molecule has 0 unspecified atom stereocenters. The summed E-state index contributed by atoms with van der Waals surface area (Å²) in [5.41, 5.74) is 2.52. The Morgan fingerprint density at radius 3 is 2.71 bits per heavy atom. The van der Waals surface area contributed by atoms with Crippen LogP contribution in [0.5, 0.6) is 0 Å². The highest BCUT2D eigenvalue weighted by atomic mass is 32.2. The first-order chi connectivity index (χ1) is 6.49. The molecular weight excluding hydrogens is 213 g/mol. The average molecular weight is 222 g/mol. The van der Waals surface area contributed by atoms with Crippen LogP contribution in [0.2, 0.25) is 0 Å². The van der Waals surface area contributed by atoms with Gasteiger partial charge in [-0.05, 0) is 18.1 Å². The minimum absolute atomic E-state index is 0.0284. The third kappa shape index (κ3) is 3.87. The highest BCUT2D eigenvalue weighted by Crippen LogP contribution is 2.30. The third-order valence-corrected chi connectivity index (χ3v) is 2.31. The number of rotatable bonds is 3. The molecule has 1 heterocycles. The molecule has 0 aliphatic rings. The lowest BCUT2D eigenvalue weighted by Gasteiger charge is -2.06. The molecule has 0 spiro atoms. The van der Waals surface area contributed by atoms with E-state index < -0.39 is 5.51 Å². The molecule has 1 rings (SSSR count). The molecule has 0 atom stereocenters. The fourth-order valence-electron chi connectivity index (χ4n) is 0.924. The Hall–Kier alpha value is -0.910. The van der Waals surface area contributed by atoms with Gasteiger partial charge in [-0.2, -0.15) is 13.2 Å². The van der Waals surface area contributed by atoms with Crippen LogP contribution in [-0.2, 0) is 6.42 Å². The Morgan fingerprint density at radius 1 is 1.43 bits per heavy atom. The number of thioether (sulfide) groups is 1. The molecular formula is C8H9F3N2S. The summed E-state index contributed by atoms with van der Waals surface area (Å²) in [6, 6.07) is 1.58. The smallest absolute Gasteiger partial charge is 0.398 e. The second kappa shape index (κ2) is 4.54. The van der Waals surface area contributed by atoms with Crippen molar-refractivity contribution in [3.05, 3.63) is 24.0 Å². The van der Waals surface area contributed by atoms with Crippen molar-refractivity contribution in [1.29, 1.82) is 0 Å². The van der Waals surface area contributed by atoms with Crippen LogP contribution in [0.4, 0.5) is 18.9 Å². The summed E-state index contributed by atoms with van der Waals surface area (Å²) in [5.74, 6) is -0.0284. The zero-order chi connectivity index (χ0) is 10.6. The topological polar surface area (TPSA) is 38.9 Å². The first-order valence-electron chi connectivity index (χ1n) is 3.88. The van der Waals surface area contributed by atoms with Gasteiger partial charge in [-0.1, -0.05) is 11.8 Å². The van der Waals surface area contributed by atoms with E-state index in [4.69, 9.17) is 5.73 Å². The Morgan fingerprint density at radius 2 is 2.14 bits per heavy atom. The zero-order valence-corrected chi connectivity index (χ0v) is 8.03. The van der Waals surface area contributed by atoms with Crippen molar-refractivity contribution in [2.75, 3.05) is 11.5 Å². The number of hydrogen-bond donors (Lipinski definition) is 1. The SMILES string of the molecule is Nc1ccncc1CCSC(F)(F)F. The van der Waals surface area contributed by atoms with Crippen molar-refractivity contribution in [2.45, 2.75) is 11.9 Å². The summed E-state index contributed by atoms with van der Waals surface area (Å²) in [7, 11) is 0. The van der Waals surface area contributed by atoms with E-state index in [-0.39, 0.29) is 23.9 Å². The molecule has 6 heteroatoms. The van der Waals surface area contributed by atoms with Gasteiger partial charge in [0.15, 0.2) is 0 Å². The summed E-state index contributed by atoms with van der Waals surface area (Å²) in [4.78, 5) is 3.79. The number of nitrogens with zero attached hydrogens (tertiary/aromatic N) is 1. The number of halogens is 3. The minimum atomic E-state index is -4.17. The van der Waals surface area contributed by atoms with Gasteiger partial charge in [-0.3, -0.25) is 4.98 Å². The van der Waals surface area contributed by atoms with Crippen molar-refractivity contribution < 1.29 is 13.2 Å². The average Bonchev–Trinajstić information content (AvgIpc) is 2.06. The van der Waals surface area contributed by atoms with Crippen molar-refractivity contribution >= 4 is 17.4 Å². The van der Waals surface area contributed by atoms with Crippen LogP contribution in [0, 0.1) is 0 Å². The maximum Gasteiger partial charge on any atom is 0.441 e. The van der Waals surface area contributed by atoms with Gasteiger partial charge in [0.2, 0.25) is 0 Å². The van der Waals surface area contributed by atoms with E-state index in [0.29, 0.717) is 11.3 Å². The lowest BCUT2D eigenvalue weighted by molar-refractivity contribution is -0.0327. The Balaban J connectivity index is 2.43. The molecule has 0 bridgehead atoms. The van der Waals surface area contributed by atoms with Crippen molar-refractivity contribution in [3.63, 3.8) is 0 Å². The summed E-state index contributed by atoms with van der Waals surface area (Å²) < 4.78 is 35.3. The van der Waals surface area contributed by atoms with E-state index in [1.807, 2.05) is 0 Å². The number of pyridine rings is 1. The summed E-state index contributed by atoms with van der Waals surface area (Å²) in [5, 5.41) is 0. The molecule has 0 amide bonds. The van der Waals surface area contributed by atoms with E-state index in [9.17, 15) is 13.2 Å². The van der Waals surface area contributed by atoms with Gasteiger partial charge in [0.1, 0.15) is 0 Å². The van der Waals surface area contributed by atoms with Crippen molar-refractivity contribution in [1.82, 2.24) is 4.98 Å². The van der Waals surface area contributed by atoms with E-state index in [2.05, 4.69) is 4.98 Å². The number of nitrogens with two attached hydrogens (primary N) is 1. The second-order valence-corrected chi connectivity index (χ2v) is 3.78. The number of nitrogen functional groups attached to an aromatic ring is 1. The van der Waals surface area contributed by atoms with Gasteiger partial charge in [0, 0.05) is 23.8 Å². The second-order valence-electron chi connectivity index (χ2n) is 2.62. The van der Waals surface area contributed by atoms with Gasteiger partial charge in [-0.25, -0.2) is 0 Å². The Kier molecular flexibility index (Phi) is 3.62. The highest BCUT2D eigenvalue weighted by Gasteiger charge is 2.27. The molecule has 0 aliphatic carbocycles. The normalized spacial score (nSPS) is 11.6. The fraction of sp³-hybridized carbons (Fsp3) is 0.375. The summed E-state index contributed by atoms with van der Waals surface area (Å²) in [6.07, 6.45) is 3.28. The molecule has 1 aromatic heterocycles. The highest BCUT2D eigenvalue weighted by molar-refractivity contribution is 8.00. The van der Waals surface area contributed by atoms with Gasteiger partial charge < -0.3 is 5.73 Å². The Bertz CT molecular complexity index is 301. The first kappa shape index (κ1) is 11.2. The van der Waals surface area contributed by atoms with Crippen LogP contribution in [0.1, 0.15) is 5.56 Å². The van der Waals surface area contributed by atoms with E-state index in [1.165, 1.54) is 12.4 Å². The van der Waals surface area contributed by atoms with Crippen LogP contribution < -0.4 is 5.73 Å². The third-order valence-electron chi connectivity index (χ3n) is 1.58. The predicted molar refractivity (Wildman–Crippen MR) is 50.9 cm³/mol. The standard InChI is InChI=1S/C8H9F3N2S/c9-8(10,11)14-4-2-6-5-13-3-1-7(6)12/h1,3,5H,2,4H2,(H2,12,13). The zero-order valence-electron chi connectivity index (χ0n) is 7.21. The molecule has 2 N–H and O–H groups in total. The molecule has 0 aromatic carbocycles. The monoisotopic (exact) mass is 222 g/mol. The molecule has 78 valence electrons. The van der Waals surface area contributed by atoms with Crippen LogP contribution >= 0.6 is 11.8 Å². The summed E-state index contributed by atoms with van der Waals surface area (Å²) >= 11 is -0.0462. The number of aromatic nitrogens is 1. The van der Waals surface area contributed by atoms with E-state index in [1.54, 1.807) is 6.07 Å². The van der Waals surface area contributed by atoms with Gasteiger partial charge >= 0.3 is 5.51 Å². The minimum Gasteiger partial charge on any atom is -0.398 e. The molecule has 14 heavy (non-hydrogen) atoms. The van der Waals surface area contributed by atoms with Crippen molar-refractivity contribution in [2.24, 2.45) is 0 Å². The van der Waals surface area contributed by atoms with Gasteiger partial charge in [0.05, 0.1) is 0 Å². The fourth-order valence-corrected chi connectivity index (χ4v) is 1.48. The largest absolute Gasteiger partial charge is 0.441 e. The Labute approximate surface area is 83.7 Å². The predicted octanol–water partition coefficient (Wildman–Crippen LogP) is 2.46. The molecule has 0 saturated carbocycles. The molecule has 0 fully saturated rings. The van der Waals surface area contributed by atoms with Crippen LogP contribution in [0.15, 0.2) is 18.5 Å². The number of hydrogen-bond acceptors (Lipinski definition) is 3.